The fraction of sp³-hybridized carbons (Fsp3) is 0.875. The molecule has 0 aromatic carbocycles. The standard InChI is InChI=1S/C8H13F2NO3/c1-13-7(12)6-2-5(3-11-6)4-14-8(9)10/h5-6,8,11H,2-4H2,1H3/t5-,6-/m0/s1. The van der Waals surface area contributed by atoms with Crippen LogP contribution in [-0.2, 0) is 14.3 Å². The van der Waals surface area contributed by atoms with Crippen LogP contribution in [0.4, 0.5) is 8.78 Å². The van der Waals surface area contributed by atoms with Gasteiger partial charge >= 0.3 is 12.6 Å². The van der Waals surface area contributed by atoms with Crippen molar-refractivity contribution in [1.29, 1.82) is 0 Å². The minimum atomic E-state index is -2.74. The molecular formula is C8H13F2NO3. The Morgan fingerprint density at radius 2 is 2.36 bits per heavy atom. The lowest BCUT2D eigenvalue weighted by molar-refractivity contribution is -0.143. The third kappa shape index (κ3) is 3.19. The molecule has 6 heteroatoms. The van der Waals surface area contributed by atoms with Gasteiger partial charge in [-0.2, -0.15) is 8.78 Å². The molecule has 82 valence electrons. The molecule has 0 amide bonds. The highest BCUT2D eigenvalue weighted by Crippen LogP contribution is 2.16. The fourth-order valence-corrected chi connectivity index (χ4v) is 1.47. The van der Waals surface area contributed by atoms with Crippen LogP contribution in [-0.4, -0.2) is 38.9 Å². The minimum Gasteiger partial charge on any atom is -0.468 e. The molecule has 14 heavy (non-hydrogen) atoms. The molecule has 2 atom stereocenters. The average Bonchev–Trinajstić information content (AvgIpc) is 2.62. The van der Waals surface area contributed by atoms with Crippen LogP contribution in [0.2, 0.25) is 0 Å². The van der Waals surface area contributed by atoms with E-state index in [4.69, 9.17) is 0 Å². The van der Waals surface area contributed by atoms with Crippen molar-refractivity contribution in [2.24, 2.45) is 5.92 Å². The van der Waals surface area contributed by atoms with Crippen LogP contribution in [0.15, 0.2) is 0 Å². The Hall–Kier alpha value is -0.750. The Kier molecular flexibility index (Phi) is 4.21. The first kappa shape index (κ1) is 11.3. The SMILES string of the molecule is COC(=O)[C@@H]1C[C@H](COC(F)F)CN1. The van der Waals surface area contributed by atoms with Crippen LogP contribution in [0.25, 0.3) is 0 Å². The molecule has 0 radical (unpaired) electrons. The van der Waals surface area contributed by atoms with E-state index in [1.165, 1.54) is 7.11 Å². The Morgan fingerprint density at radius 1 is 1.64 bits per heavy atom. The van der Waals surface area contributed by atoms with E-state index in [9.17, 15) is 13.6 Å². The van der Waals surface area contributed by atoms with Crippen LogP contribution >= 0.6 is 0 Å². The number of halogens is 2. The summed E-state index contributed by atoms with van der Waals surface area (Å²) in [7, 11) is 1.30. The van der Waals surface area contributed by atoms with Crippen LogP contribution in [0.1, 0.15) is 6.42 Å². The van der Waals surface area contributed by atoms with Crippen molar-refractivity contribution in [3.63, 3.8) is 0 Å². The summed E-state index contributed by atoms with van der Waals surface area (Å²) in [5.74, 6) is -0.405. The summed E-state index contributed by atoms with van der Waals surface area (Å²) >= 11 is 0. The maximum absolute atomic E-state index is 11.7. The molecule has 1 rings (SSSR count). The topological polar surface area (TPSA) is 47.6 Å². The molecule has 1 aliphatic rings. The fourth-order valence-electron chi connectivity index (χ4n) is 1.47. The van der Waals surface area contributed by atoms with Crippen LogP contribution in [0, 0.1) is 5.92 Å². The van der Waals surface area contributed by atoms with Crippen molar-refractivity contribution in [1.82, 2.24) is 5.32 Å². The van der Waals surface area contributed by atoms with Crippen molar-refractivity contribution in [3.8, 4) is 0 Å². The zero-order chi connectivity index (χ0) is 10.6. The van der Waals surface area contributed by atoms with Gasteiger partial charge in [-0.3, -0.25) is 4.79 Å². The van der Waals surface area contributed by atoms with Gasteiger partial charge in [0.05, 0.1) is 13.7 Å². The number of ether oxygens (including phenoxy) is 2. The Balaban J connectivity index is 2.23. The first-order valence-corrected chi connectivity index (χ1v) is 4.34. The maximum atomic E-state index is 11.7. The molecule has 1 saturated heterocycles. The van der Waals surface area contributed by atoms with Gasteiger partial charge in [0, 0.05) is 6.54 Å². The molecule has 0 aromatic heterocycles. The van der Waals surface area contributed by atoms with Gasteiger partial charge in [0.1, 0.15) is 6.04 Å². The van der Waals surface area contributed by atoms with Gasteiger partial charge in [0.15, 0.2) is 0 Å². The van der Waals surface area contributed by atoms with E-state index < -0.39 is 6.61 Å². The zero-order valence-corrected chi connectivity index (χ0v) is 7.83. The van der Waals surface area contributed by atoms with Gasteiger partial charge in [-0.15, -0.1) is 0 Å². The van der Waals surface area contributed by atoms with Crippen LogP contribution in [0.3, 0.4) is 0 Å². The summed E-state index contributed by atoms with van der Waals surface area (Å²) in [5, 5.41) is 2.88. The smallest absolute Gasteiger partial charge is 0.345 e. The van der Waals surface area contributed by atoms with Gasteiger partial charge in [-0.05, 0) is 12.3 Å². The Labute approximate surface area is 80.6 Å². The van der Waals surface area contributed by atoms with E-state index in [-0.39, 0.29) is 24.5 Å². The molecule has 0 aliphatic carbocycles. The highest BCUT2D eigenvalue weighted by Gasteiger charge is 2.30. The van der Waals surface area contributed by atoms with E-state index >= 15 is 0 Å². The molecule has 4 nitrogen and oxygen atoms in total. The van der Waals surface area contributed by atoms with E-state index in [0.717, 1.165) is 0 Å². The number of carbonyl (C=O) groups excluding carboxylic acids is 1. The molecule has 0 unspecified atom stereocenters. The van der Waals surface area contributed by atoms with Crippen molar-refractivity contribution >= 4 is 5.97 Å². The first-order valence-electron chi connectivity index (χ1n) is 4.34. The molecule has 0 spiro atoms. The van der Waals surface area contributed by atoms with Crippen molar-refractivity contribution in [3.05, 3.63) is 0 Å². The second kappa shape index (κ2) is 5.21. The second-order valence-corrected chi connectivity index (χ2v) is 3.18. The Bertz CT molecular complexity index is 201. The molecule has 1 aliphatic heterocycles. The summed E-state index contributed by atoms with van der Waals surface area (Å²) in [4.78, 5) is 11.0. The number of hydrogen-bond donors (Lipinski definition) is 1. The molecule has 1 fully saturated rings. The van der Waals surface area contributed by atoms with E-state index in [2.05, 4.69) is 14.8 Å². The number of methoxy groups -OCH3 is 1. The van der Waals surface area contributed by atoms with Gasteiger partial charge in [-0.25, -0.2) is 0 Å². The molecule has 1 heterocycles. The number of esters is 1. The molecule has 1 N–H and O–H groups in total. The number of carbonyl (C=O) groups is 1. The third-order valence-electron chi connectivity index (χ3n) is 2.17. The largest absolute Gasteiger partial charge is 0.468 e. The van der Waals surface area contributed by atoms with Crippen molar-refractivity contribution in [2.75, 3.05) is 20.3 Å². The van der Waals surface area contributed by atoms with Gasteiger partial charge in [0.2, 0.25) is 0 Å². The molecular weight excluding hydrogens is 196 g/mol. The summed E-state index contributed by atoms with van der Waals surface area (Å²) in [6.45, 7) is -2.27. The summed E-state index contributed by atoms with van der Waals surface area (Å²) < 4.78 is 32.0. The number of nitrogens with one attached hydrogen (secondary N) is 1. The number of alkyl halides is 2. The normalized spacial score (nSPS) is 26.9. The van der Waals surface area contributed by atoms with Crippen LogP contribution < -0.4 is 5.32 Å². The van der Waals surface area contributed by atoms with E-state index in [1.807, 2.05) is 0 Å². The minimum absolute atomic E-state index is 0.0296. The van der Waals surface area contributed by atoms with Gasteiger partial charge in [-0.1, -0.05) is 0 Å². The molecule has 0 saturated carbocycles. The second-order valence-electron chi connectivity index (χ2n) is 3.18. The van der Waals surface area contributed by atoms with Gasteiger partial charge in [0.25, 0.3) is 0 Å². The monoisotopic (exact) mass is 209 g/mol. The molecule has 0 bridgehead atoms. The zero-order valence-electron chi connectivity index (χ0n) is 7.83. The van der Waals surface area contributed by atoms with Crippen LogP contribution in [0.5, 0.6) is 0 Å². The summed E-state index contributed by atoms with van der Waals surface area (Å²) in [5.41, 5.74) is 0. The predicted octanol–water partition coefficient (Wildman–Crippen LogP) is 0.377. The first-order chi connectivity index (χ1) is 6.63. The van der Waals surface area contributed by atoms with Crippen molar-refractivity contribution in [2.45, 2.75) is 19.1 Å². The number of rotatable bonds is 4. The molecule has 0 aromatic rings. The third-order valence-corrected chi connectivity index (χ3v) is 2.17. The maximum Gasteiger partial charge on any atom is 0.345 e. The number of hydrogen-bond acceptors (Lipinski definition) is 4. The highest BCUT2D eigenvalue weighted by molar-refractivity contribution is 5.75. The average molecular weight is 209 g/mol. The lowest BCUT2D eigenvalue weighted by atomic mass is 10.1. The van der Waals surface area contributed by atoms with Gasteiger partial charge < -0.3 is 14.8 Å². The van der Waals surface area contributed by atoms with E-state index in [1.54, 1.807) is 0 Å². The van der Waals surface area contributed by atoms with E-state index in [0.29, 0.717) is 13.0 Å². The van der Waals surface area contributed by atoms with Crippen molar-refractivity contribution < 1.29 is 23.0 Å². The lowest BCUT2D eigenvalue weighted by Gasteiger charge is -2.08. The predicted molar refractivity (Wildman–Crippen MR) is 43.9 cm³/mol. The lowest BCUT2D eigenvalue weighted by Crippen LogP contribution is -2.31. The Morgan fingerprint density at radius 3 is 2.93 bits per heavy atom. The quantitative estimate of drug-likeness (QED) is 0.680. The summed E-state index contributed by atoms with van der Waals surface area (Å²) in [6.07, 6.45) is 0.486. The summed E-state index contributed by atoms with van der Waals surface area (Å²) in [6, 6.07) is -0.383. The highest BCUT2D eigenvalue weighted by atomic mass is 19.3.